The summed E-state index contributed by atoms with van der Waals surface area (Å²) in [5, 5.41) is 0. The first-order valence-electron chi connectivity index (χ1n) is 9.16. The number of nitrogens with zero attached hydrogens (tertiary/aromatic N) is 1. The second-order valence-electron chi connectivity index (χ2n) is 6.92. The van der Waals surface area contributed by atoms with Gasteiger partial charge in [0.2, 0.25) is 0 Å². The molecule has 1 saturated carbocycles. The third kappa shape index (κ3) is 4.93. The molecule has 3 nitrogen and oxygen atoms in total. The summed E-state index contributed by atoms with van der Waals surface area (Å²) in [7, 11) is 1.50. The summed E-state index contributed by atoms with van der Waals surface area (Å²) in [4.78, 5) is 14.5. The maximum atomic E-state index is 12.0. The third-order valence-electron chi connectivity index (χ3n) is 5.15. The molecule has 0 heterocycles. The number of methoxy groups -OCH3 is 1. The van der Waals surface area contributed by atoms with Gasteiger partial charge in [0, 0.05) is 19.1 Å². The van der Waals surface area contributed by atoms with Gasteiger partial charge in [0.05, 0.1) is 13.0 Å². The van der Waals surface area contributed by atoms with E-state index in [1.165, 1.54) is 18.2 Å². The van der Waals surface area contributed by atoms with Crippen LogP contribution in [-0.4, -0.2) is 24.0 Å². The molecule has 2 atom stereocenters. The van der Waals surface area contributed by atoms with E-state index in [4.69, 9.17) is 4.74 Å². The van der Waals surface area contributed by atoms with Gasteiger partial charge in [-0.3, -0.25) is 9.69 Å². The summed E-state index contributed by atoms with van der Waals surface area (Å²) in [6, 6.07) is 21.6. The molecule has 0 aliphatic heterocycles. The molecule has 1 fully saturated rings. The van der Waals surface area contributed by atoms with Gasteiger partial charge in [0.15, 0.2) is 0 Å². The molecule has 1 aliphatic carbocycles. The highest BCUT2D eigenvalue weighted by Crippen LogP contribution is 2.30. The number of ether oxygens (including phenoxy) is 1. The number of rotatable bonds is 6. The zero-order valence-electron chi connectivity index (χ0n) is 14.9. The lowest BCUT2D eigenvalue weighted by molar-refractivity contribution is -0.147. The van der Waals surface area contributed by atoms with Crippen molar-refractivity contribution in [2.75, 3.05) is 7.11 Å². The van der Waals surface area contributed by atoms with Crippen LogP contribution in [-0.2, 0) is 22.6 Å². The van der Waals surface area contributed by atoms with E-state index in [0.29, 0.717) is 6.04 Å². The van der Waals surface area contributed by atoms with Crippen LogP contribution in [0.4, 0.5) is 0 Å². The predicted octanol–water partition coefficient (Wildman–Crippen LogP) is 4.42. The standard InChI is InChI=1S/C22H27NO2/c1-25-22(24)20-13-8-14-21(15-20)23(16-18-9-4-2-5-10-18)17-19-11-6-3-7-12-19/h2-7,9-12,20-21H,8,13-17H2,1H3. The Morgan fingerprint density at radius 3 is 2.04 bits per heavy atom. The molecule has 0 saturated heterocycles. The van der Waals surface area contributed by atoms with Gasteiger partial charge in [0.25, 0.3) is 0 Å². The van der Waals surface area contributed by atoms with Crippen LogP contribution in [0, 0.1) is 5.92 Å². The molecule has 3 rings (SSSR count). The number of benzene rings is 2. The summed E-state index contributed by atoms with van der Waals surface area (Å²) in [6.45, 7) is 1.82. The second kappa shape index (κ2) is 8.82. The van der Waals surface area contributed by atoms with Crippen LogP contribution in [0.2, 0.25) is 0 Å². The zero-order valence-corrected chi connectivity index (χ0v) is 14.9. The molecule has 0 N–H and O–H groups in total. The van der Waals surface area contributed by atoms with E-state index in [2.05, 4.69) is 65.6 Å². The normalized spacial score (nSPS) is 20.4. The van der Waals surface area contributed by atoms with Gasteiger partial charge in [-0.05, 0) is 30.4 Å². The van der Waals surface area contributed by atoms with Crippen molar-refractivity contribution in [2.45, 2.75) is 44.8 Å². The van der Waals surface area contributed by atoms with Crippen molar-refractivity contribution < 1.29 is 9.53 Å². The molecule has 0 amide bonds. The quantitative estimate of drug-likeness (QED) is 0.731. The van der Waals surface area contributed by atoms with Crippen LogP contribution in [0.5, 0.6) is 0 Å². The summed E-state index contributed by atoms with van der Waals surface area (Å²) < 4.78 is 5.00. The Balaban J connectivity index is 1.76. The minimum Gasteiger partial charge on any atom is -0.469 e. The smallest absolute Gasteiger partial charge is 0.308 e. The highest BCUT2D eigenvalue weighted by atomic mass is 16.5. The number of esters is 1. The molecule has 0 radical (unpaired) electrons. The van der Waals surface area contributed by atoms with E-state index in [1.54, 1.807) is 0 Å². The van der Waals surface area contributed by atoms with Gasteiger partial charge in [-0.25, -0.2) is 0 Å². The van der Waals surface area contributed by atoms with Crippen LogP contribution in [0.15, 0.2) is 60.7 Å². The van der Waals surface area contributed by atoms with Gasteiger partial charge in [0.1, 0.15) is 0 Å². The van der Waals surface area contributed by atoms with Crippen molar-refractivity contribution >= 4 is 5.97 Å². The highest BCUT2D eigenvalue weighted by Gasteiger charge is 2.31. The van der Waals surface area contributed by atoms with E-state index in [9.17, 15) is 4.79 Å². The molecule has 132 valence electrons. The number of hydrogen-bond donors (Lipinski definition) is 0. The zero-order chi connectivity index (χ0) is 17.5. The third-order valence-corrected chi connectivity index (χ3v) is 5.15. The maximum Gasteiger partial charge on any atom is 0.308 e. The molecular formula is C22H27NO2. The lowest BCUT2D eigenvalue weighted by Crippen LogP contribution is -2.39. The summed E-state index contributed by atoms with van der Waals surface area (Å²) >= 11 is 0. The molecule has 3 heteroatoms. The monoisotopic (exact) mass is 337 g/mol. The first-order chi connectivity index (χ1) is 12.3. The van der Waals surface area contributed by atoms with Gasteiger partial charge >= 0.3 is 5.97 Å². The van der Waals surface area contributed by atoms with Crippen LogP contribution < -0.4 is 0 Å². The highest BCUT2D eigenvalue weighted by molar-refractivity contribution is 5.72. The van der Waals surface area contributed by atoms with Gasteiger partial charge in [-0.15, -0.1) is 0 Å². The fourth-order valence-corrected chi connectivity index (χ4v) is 3.83. The first-order valence-corrected chi connectivity index (χ1v) is 9.16. The lowest BCUT2D eigenvalue weighted by atomic mass is 9.84. The van der Waals surface area contributed by atoms with E-state index in [-0.39, 0.29) is 11.9 Å². The van der Waals surface area contributed by atoms with Crippen molar-refractivity contribution in [1.29, 1.82) is 0 Å². The van der Waals surface area contributed by atoms with E-state index in [1.807, 2.05) is 0 Å². The topological polar surface area (TPSA) is 29.5 Å². The average molecular weight is 337 g/mol. The molecule has 0 aromatic heterocycles. The fraction of sp³-hybridized carbons (Fsp3) is 0.409. The summed E-state index contributed by atoms with van der Waals surface area (Å²) in [5.41, 5.74) is 2.64. The molecule has 2 aromatic rings. The Morgan fingerprint density at radius 2 is 1.52 bits per heavy atom. The Kier molecular flexibility index (Phi) is 6.24. The molecular weight excluding hydrogens is 310 g/mol. The minimum atomic E-state index is -0.0518. The number of hydrogen-bond acceptors (Lipinski definition) is 3. The summed E-state index contributed by atoms with van der Waals surface area (Å²) in [5.74, 6) is -0.0122. The molecule has 0 bridgehead atoms. The fourth-order valence-electron chi connectivity index (χ4n) is 3.83. The number of carbonyl (C=O) groups excluding carboxylic acids is 1. The second-order valence-corrected chi connectivity index (χ2v) is 6.92. The van der Waals surface area contributed by atoms with E-state index < -0.39 is 0 Å². The van der Waals surface area contributed by atoms with E-state index >= 15 is 0 Å². The SMILES string of the molecule is COC(=O)C1CCCC(N(Cc2ccccc2)Cc2ccccc2)C1. The van der Waals surface area contributed by atoms with E-state index in [0.717, 1.165) is 38.8 Å². The van der Waals surface area contributed by atoms with Crippen molar-refractivity contribution in [3.05, 3.63) is 71.8 Å². The maximum absolute atomic E-state index is 12.0. The average Bonchev–Trinajstić information content (AvgIpc) is 2.68. The van der Waals surface area contributed by atoms with Gasteiger partial charge in [-0.2, -0.15) is 0 Å². The minimum absolute atomic E-state index is 0.0396. The first kappa shape index (κ1) is 17.7. The largest absolute Gasteiger partial charge is 0.469 e. The van der Waals surface area contributed by atoms with Crippen molar-refractivity contribution in [3.63, 3.8) is 0 Å². The number of carbonyl (C=O) groups is 1. The Bertz CT molecular complexity index is 615. The van der Waals surface area contributed by atoms with Crippen LogP contribution >= 0.6 is 0 Å². The molecule has 2 aromatic carbocycles. The molecule has 1 aliphatic rings. The van der Waals surface area contributed by atoms with Crippen LogP contribution in [0.3, 0.4) is 0 Å². The molecule has 2 unspecified atom stereocenters. The Labute approximate surface area is 150 Å². The predicted molar refractivity (Wildman–Crippen MR) is 99.9 cm³/mol. The summed E-state index contributed by atoms with van der Waals surface area (Å²) in [6.07, 6.45) is 4.08. The Hall–Kier alpha value is -2.13. The van der Waals surface area contributed by atoms with Gasteiger partial charge in [-0.1, -0.05) is 67.1 Å². The van der Waals surface area contributed by atoms with Gasteiger partial charge < -0.3 is 4.74 Å². The molecule has 25 heavy (non-hydrogen) atoms. The lowest BCUT2D eigenvalue weighted by Gasteiger charge is -2.37. The van der Waals surface area contributed by atoms with Crippen molar-refractivity contribution in [3.8, 4) is 0 Å². The van der Waals surface area contributed by atoms with Crippen molar-refractivity contribution in [1.82, 2.24) is 4.90 Å². The van der Waals surface area contributed by atoms with Crippen LogP contribution in [0.25, 0.3) is 0 Å². The molecule has 0 spiro atoms. The van der Waals surface area contributed by atoms with Crippen molar-refractivity contribution in [2.24, 2.45) is 5.92 Å². The Morgan fingerprint density at radius 1 is 0.960 bits per heavy atom. The van der Waals surface area contributed by atoms with Crippen LogP contribution in [0.1, 0.15) is 36.8 Å².